The SMILES string of the molecule is COc1cc(/C=C(/C#N)c2cccc(Cl)c2)cc(Cl)c1OCc1ccc(Cl)cc1Cl. The average Bonchev–Trinajstić information content (AvgIpc) is 2.72. The van der Waals surface area contributed by atoms with Gasteiger partial charge < -0.3 is 9.47 Å². The third-order valence-electron chi connectivity index (χ3n) is 4.21. The van der Waals surface area contributed by atoms with Crippen molar-refractivity contribution in [3.05, 3.63) is 91.4 Å². The summed E-state index contributed by atoms with van der Waals surface area (Å²) in [6.07, 6.45) is 1.71. The molecule has 0 heterocycles. The van der Waals surface area contributed by atoms with Gasteiger partial charge in [0.05, 0.1) is 23.8 Å². The molecule has 0 spiro atoms. The predicted octanol–water partition coefficient (Wildman–Crippen LogP) is 7.95. The zero-order valence-electron chi connectivity index (χ0n) is 15.8. The molecule has 0 bridgehead atoms. The summed E-state index contributed by atoms with van der Waals surface area (Å²) in [7, 11) is 1.52. The summed E-state index contributed by atoms with van der Waals surface area (Å²) in [5.74, 6) is 0.811. The highest BCUT2D eigenvalue weighted by Gasteiger charge is 2.14. The first-order chi connectivity index (χ1) is 14.4. The van der Waals surface area contributed by atoms with Crippen molar-refractivity contribution in [1.29, 1.82) is 5.26 Å². The number of hydrogen-bond donors (Lipinski definition) is 0. The topological polar surface area (TPSA) is 42.2 Å². The van der Waals surface area contributed by atoms with Gasteiger partial charge in [-0.05, 0) is 53.6 Å². The second-order valence-electron chi connectivity index (χ2n) is 6.24. The molecular weight excluding hydrogens is 464 g/mol. The Morgan fingerprint density at radius 1 is 0.967 bits per heavy atom. The fourth-order valence-electron chi connectivity index (χ4n) is 2.75. The van der Waals surface area contributed by atoms with Gasteiger partial charge in [0, 0.05) is 20.6 Å². The Morgan fingerprint density at radius 2 is 1.73 bits per heavy atom. The maximum absolute atomic E-state index is 9.57. The van der Waals surface area contributed by atoms with Crippen LogP contribution in [0.3, 0.4) is 0 Å². The largest absolute Gasteiger partial charge is 0.493 e. The van der Waals surface area contributed by atoms with Crippen LogP contribution in [-0.4, -0.2) is 7.11 Å². The lowest BCUT2D eigenvalue weighted by Crippen LogP contribution is -1.99. The molecule has 7 heteroatoms. The fourth-order valence-corrected chi connectivity index (χ4v) is 3.68. The molecule has 3 nitrogen and oxygen atoms in total. The quantitative estimate of drug-likeness (QED) is 0.266. The average molecular weight is 479 g/mol. The van der Waals surface area contributed by atoms with E-state index in [1.54, 1.807) is 54.6 Å². The molecule has 0 aromatic heterocycles. The number of allylic oxidation sites excluding steroid dienone is 1. The molecule has 0 N–H and O–H groups in total. The van der Waals surface area contributed by atoms with Crippen molar-refractivity contribution in [3.8, 4) is 17.6 Å². The van der Waals surface area contributed by atoms with Crippen LogP contribution in [0.2, 0.25) is 20.1 Å². The number of nitrogens with zero attached hydrogens (tertiary/aromatic N) is 1. The molecule has 0 atom stereocenters. The molecule has 0 saturated heterocycles. The highest BCUT2D eigenvalue weighted by atomic mass is 35.5. The van der Waals surface area contributed by atoms with E-state index in [1.165, 1.54) is 7.11 Å². The first-order valence-electron chi connectivity index (χ1n) is 8.73. The maximum Gasteiger partial charge on any atom is 0.180 e. The zero-order valence-corrected chi connectivity index (χ0v) is 18.8. The van der Waals surface area contributed by atoms with Gasteiger partial charge in [0.25, 0.3) is 0 Å². The molecule has 3 aromatic carbocycles. The Labute approximate surface area is 195 Å². The molecule has 152 valence electrons. The minimum Gasteiger partial charge on any atom is -0.493 e. The van der Waals surface area contributed by atoms with E-state index in [-0.39, 0.29) is 6.61 Å². The number of methoxy groups -OCH3 is 1. The van der Waals surface area contributed by atoms with Crippen molar-refractivity contribution >= 4 is 58.1 Å². The van der Waals surface area contributed by atoms with Gasteiger partial charge in [-0.3, -0.25) is 0 Å². The minimum atomic E-state index is 0.188. The highest BCUT2D eigenvalue weighted by Crippen LogP contribution is 2.38. The van der Waals surface area contributed by atoms with Gasteiger partial charge in [-0.1, -0.05) is 64.6 Å². The Morgan fingerprint density at radius 3 is 2.40 bits per heavy atom. The second kappa shape index (κ2) is 10.1. The lowest BCUT2D eigenvalue weighted by atomic mass is 10.0. The van der Waals surface area contributed by atoms with Crippen molar-refractivity contribution < 1.29 is 9.47 Å². The minimum absolute atomic E-state index is 0.188. The molecule has 3 aromatic rings. The molecule has 0 radical (unpaired) electrons. The van der Waals surface area contributed by atoms with E-state index in [4.69, 9.17) is 55.9 Å². The summed E-state index contributed by atoms with van der Waals surface area (Å²) >= 11 is 24.6. The van der Waals surface area contributed by atoms with E-state index < -0.39 is 0 Å². The van der Waals surface area contributed by atoms with Crippen molar-refractivity contribution in [3.63, 3.8) is 0 Å². The zero-order chi connectivity index (χ0) is 21.7. The number of benzene rings is 3. The van der Waals surface area contributed by atoms with Gasteiger partial charge in [-0.15, -0.1) is 0 Å². The molecule has 0 aliphatic heterocycles. The van der Waals surface area contributed by atoms with Crippen molar-refractivity contribution in [2.24, 2.45) is 0 Å². The summed E-state index contributed by atoms with van der Waals surface area (Å²) in [5, 5.41) is 11.5. The second-order valence-corrected chi connectivity index (χ2v) is 7.93. The Kier molecular flexibility index (Phi) is 7.53. The molecule has 0 unspecified atom stereocenters. The molecule has 0 saturated carbocycles. The third-order valence-corrected chi connectivity index (χ3v) is 5.31. The van der Waals surface area contributed by atoms with E-state index in [2.05, 4.69) is 6.07 Å². The van der Waals surface area contributed by atoms with Gasteiger partial charge >= 0.3 is 0 Å². The van der Waals surface area contributed by atoms with Crippen LogP contribution in [0.5, 0.6) is 11.5 Å². The lowest BCUT2D eigenvalue weighted by molar-refractivity contribution is 0.285. The number of halogens is 4. The number of ether oxygens (including phenoxy) is 2. The number of hydrogen-bond acceptors (Lipinski definition) is 3. The number of nitriles is 1. The Hall–Kier alpha value is -2.35. The van der Waals surface area contributed by atoms with E-state index >= 15 is 0 Å². The Balaban J connectivity index is 1.90. The highest BCUT2D eigenvalue weighted by molar-refractivity contribution is 6.35. The molecule has 0 fully saturated rings. The van der Waals surface area contributed by atoms with Crippen LogP contribution in [-0.2, 0) is 6.61 Å². The summed E-state index contributed by atoms with van der Waals surface area (Å²) in [4.78, 5) is 0. The number of rotatable bonds is 6. The molecule has 0 aliphatic rings. The Bertz CT molecular complexity index is 1150. The summed E-state index contributed by atoms with van der Waals surface area (Å²) in [6, 6.07) is 17.9. The normalized spacial score (nSPS) is 11.1. The van der Waals surface area contributed by atoms with Crippen LogP contribution in [0, 0.1) is 11.3 Å². The van der Waals surface area contributed by atoms with Crippen molar-refractivity contribution in [2.75, 3.05) is 7.11 Å². The first kappa shape index (κ1) is 22.3. The summed E-state index contributed by atoms with van der Waals surface area (Å²) in [6.45, 7) is 0.188. The van der Waals surface area contributed by atoms with Crippen LogP contribution in [0.25, 0.3) is 11.6 Å². The van der Waals surface area contributed by atoms with Crippen LogP contribution < -0.4 is 9.47 Å². The predicted molar refractivity (Wildman–Crippen MR) is 124 cm³/mol. The van der Waals surface area contributed by atoms with Crippen molar-refractivity contribution in [1.82, 2.24) is 0 Å². The molecular formula is C23H15Cl4NO2. The first-order valence-corrected chi connectivity index (χ1v) is 10.2. The molecule has 0 aliphatic carbocycles. The van der Waals surface area contributed by atoms with Gasteiger partial charge in [-0.2, -0.15) is 5.26 Å². The molecule has 3 rings (SSSR count). The van der Waals surface area contributed by atoms with E-state index in [0.29, 0.717) is 48.3 Å². The third kappa shape index (κ3) is 5.41. The molecule has 0 amide bonds. The van der Waals surface area contributed by atoms with Crippen LogP contribution in [0.4, 0.5) is 0 Å². The summed E-state index contributed by atoms with van der Waals surface area (Å²) < 4.78 is 11.3. The monoisotopic (exact) mass is 477 g/mol. The van der Waals surface area contributed by atoms with Crippen LogP contribution in [0.15, 0.2) is 54.6 Å². The van der Waals surface area contributed by atoms with Crippen molar-refractivity contribution in [2.45, 2.75) is 6.61 Å². The summed E-state index contributed by atoms with van der Waals surface area (Å²) in [5.41, 5.74) is 2.59. The van der Waals surface area contributed by atoms with Gasteiger partial charge in [0.15, 0.2) is 11.5 Å². The van der Waals surface area contributed by atoms with Gasteiger partial charge in [0.2, 0.25) is 0 Å². The maximum atomic E-state index is 9.57. The van der Waals surface area contributed by atoms with E-state index in [9.17, 15) is 5.26 Å². The fraction of sp³-hybridized carbons (Fsp3) is 0.0870. The van der Waals surface area contributed by atoms with Gasteiger partial charge in [0.1, 0.15) is 6.61 Å². The van der Waals surface area contributed by atoms with E-state index in [0.717, 1.165) is 5.56 Å². The van der Waals surface area contributed by atoms with E-state index in [1.807, 2.05) is 6.07 Å². The standard InChI is InChI=1S/C23H15Cl4NO2/c1-29-22-9-14(7-17(12-28)15-3-2-4-18(24)10-15)8-21(27)23(22)30-13-16-5-6-19(25)11-20(16)26/h2-11H,13H2,1H3/b17-7-. The van der Waals surface area contributed by atoms with Crippen LogP contribution >= 0.6 is 46.4 Å². The smallest absolute Gasteiger partial charge is 0.180 e. The lowest BCUT2D eigenvalue weighted by Gasteiger charge is -2.14. The molecule has 30 heavy (non-hydrogen) atoms. The van der Waals surface area contributed by atoms with Crippen LogP contribution in [0.1, 0.15) is 16.7 Å². The van der Waals surface area contributed by atoms with Gasteiger partial charge in [-0.25, -0.2) is 0 Å².